The molecular weight excluding hydrogens is 275 g/mol. The molecule has 0 aliphatic heterocycles. The smallest absolute Gasteiger partial charge is 0.129 e. The first-order valence-corrected chi connectivity index (χ1v) is 5.63. The van der Waals surface area contributed by atoms with E-state index in [1.165, 1.54) is 0 Å². The Morgan fingerprint density at radius 3 is 2.87 bits per heavy atom. The van der Waals surface area contributed by atoms with Crippen molar-refractivity contribution in [2.75, 3.05) is 0 Å². The number of halogens is 2. The van der Waals surface area contributed by atoms with E-state index < -0.39 is 0 Å². The van der Waals surface area contributed by atoms with Gasteiger partial charge in [0.1, 0.15) is 5.15 Å². The van der Waals surface area contributed by atoms with E-state index >= 15 is 0 Å². The maximum atomic E-state index is 5.87. The second-order valence-corrected chi connectivity index (χ2v) is 4.67. The van der Waals surface area contributed by atoms with Crippen molar-refractivity contribution in [1.82, 2.24) is 9.97 Å². The number of benzene rings is 1. The molecule has 0 amide bonds. The van der Waals surface area contributed by atoms with E-state index in [0.29, 0.717) is 5.15 Å². The Bertz CT molecular complexity index is 660. The fraction of sp³-hybridized carbons (Fsp3) is 0. The van der Waals surface area contributed by atoms with Crippen molar-refractivity contribution in [3.05, 3.63) is 40.1 Å². The molecule has 0 fully saturated rings. The van der Waals surface area contributed by atoms with E-state index in [1.54, 1.807) is 6.20 Å². The van der Waals surface area contributed by atoms with Gasteiger partial charge in [-0.1, -0.05) is 33.6 Å². The third-order valence-electron chi connectivity index (χ3n) is 2.41. The van der Waals surface area contributed by atoms with Crippen molar-refractivity contribution >= 4 is 49.3 Å². The maximum Gasteiger partial charge on any atom is 0.129 e. The number of aromatic amines is 1. The molecule has 0 saturated heterocycles. The summed E-state index contributed by atoms with van der Waals surface area (Å²) in [6.45, 7) is 0. The van der Waals surface area contributed by atoms with E-state index in [1.807, 2.05) is 18.2 Å². The van der Waals surface area contributed by atoms with Gasteiger partial charge in [-0.05, 0) is 18.2 Å². The maximum absolute atomic E-state index is 5.87. The number of hydrogen-bond donors (Lipinski definition) is 1. The van der Waals surface area contributed by atoms with Crippen LogP contribution in [0.3, 0.4) is 0 Å². The Labute approximate surface area is 99.4 Å². The standard InChI is InChI=1S/C11H6BrClN2/c12-6-1-2-7-8-4-11(13)14-5-10(8)15-9(7)3-6/h1-5,15H. The molecular formula is C11H6BrClN2. The van der Waals surface area contributed by atoms with Gasteiger partial charge >= 0.3 is 0 Å². The first-order valence-electron chi connectivity index (χ1n) is 4.46. The first kappa shape index (κ1) is 9.19. The van der Waals surface area contributed by atoms with Crippen LogP contribution in [0, 0.1) is 0 Å². The topological polar surface area (TPSA) is 28.7 Å². The summed E-state index contributed by atoms with van der Waals surface area (Å²) in [5.74, 6) is 0. The molecule has 2 nitrogen and oxygen atoms in total. The van der Waals surface area contributed by atoms with Crippen molar-refractivity contribution in [3.8, 4) is 0 Å². The SMILES string of the molecule is Clc1cc2c(cn1)[nH]c1cc(Br)ccc12. The van der Waals surface area contributed by atoms with Gasteiger partial charge < -0.3 is 4.98 Å². The largest absolute Gasteiger partial charge is 0.353 e. The summed E-state index contributed by atoms with van der Waals surface area (Å²) in [6, 6.07) is 8.01. The van der Waals surface area contributed by atoms with Crippen LogP contribution in [0.4, 0.5) is 0 Å². The van der Waals surface area contributed by atoms with E-state index in [4.69, 9.17) is 11.6 Å². The normalized spacial score (nSPS) is 11.3. The Kier molecular flexibility index (Phi) is 1.97. The monoisotopic (exact) mass is 280 g/mol. The zero-order valence-electron chi connectivity index (χ0n) is 7.59. The lowest BCUT2D eigenvalue weighted by molar-refractivity contribution is 1.35. The van der Waals surface area contributed by atoms with Crippen molar-refractivity contribution in [3.63, 3.8) is 0 Å². The van der Waals surface area contributed by atoms with E-state index in [9.17, 15) is 0 Å². The van der Waals surface area contributed by atoms with Crippen LogP contribution in [-0.4, -0.2) is 9.97 Å². The van der Waals surface area contributed by atoms with Gasteiger partial charge in [0, 0.05) is 20.8 Å². The number of H-pyrrole nitrogens is 1. The van der Waals surface area contributed by atoms with Crippen LogP contribution < -0.4 is 0 Å². The number of pyridine rings is 1. The van der Waals surface area contributed by atoms with E-state index in [-0.39, 0.29) is 0 Å². The Hall–Kier alpha value is -1.06. The second kappa shape index (κ2) is 3.22. The van der Waals surface area contributed by atoms with E-state index in [0.717, 1.165) is 26.3 Å². The molecule has 1 N–H and O–H groups in total. The quantitative estimate of drug-likeness (QED) is 0.617. The van der Waals surface area contributed by atoms with Gasteiger partial charge in [-0.15, -0.1) is 0 Å². The molecule has 0 spiro atoms. The average molecular weight is 282 g/mol. The minimum absolute atomic E-state index is 0.520. The van der Waals surface area contributed by atoms with Crippen LogP contribution in [0.1, 0.15) is 0 Å². The van der Waals surface area contributed by atoms with Crippen LogP contribution in [-0.2, 0) is 0 Å². The molecule has 74 valence electrons. The van der Waals surface area contributed by atoms with Gasteiger partial charge in [0.2, 0.25) is 0 Å². The highest BCUT2D eigenvalue weighted by Gasteiger charge is 2.05. The van der Waals surface area contributed by atoms with Gasteiger partial charge in [-0.2, -0.15) is 0 Å². The summed E-state index contributed by atoms with van der Waals surface area (Å²) in [7, 11) is 0. The van der Waals surface area contributed by atoms with Gasteiger partial charge in [0.05, 0.1) is 11.7 Å². The third-order valence-corrected chi connectivity index (χ3v) is 3.11. The van der Waals surface area contributed by atoms with Crippen LogP contribution in [0.15, 0.2) is 34.9 Å². The molecule has 0 saturated carbocycles. The number of nitrogens with zero attached hydrogens (tertiary/aromatic N) is 1. The third kappa shape index (κ3) is 1.43. The molecule has 15 heavy (non-hydrogen) atoms. The fourth-order valence-electron chi connectivity index (χ4n) is 1.75. The second-order valence-electron chi connectivity index (χ2n) is 3.37. The molecule has 0 aliphatic rings. The minimum Gasteiger partial charge on any atom is -0.353 e. The summed E-state index contributed by atoms with van der Waals surface area (Å²) < 4.78 is 1.06. The van der Waals surface area contributed by atoms with Crippen molar-refractivity contribution in [2.45, 2.75) is 0 Å². The summed E-state index contributed by atoms with van der Waals surface area (Å²) in [5.41, 5.74) is 2.09. The molecule has 2 aromatic heterocycles. The first-order chi connectivity index (χ1) is 7.24. The van der Waals surface area contributed by atoms with Gasteiger partial charge in [-0.3, -0.25) is 0 Å². The van der Waals surface area contributed by atoms with Crippen molar-refractivity contribution in [1.29, 1.82) is 0 Å². The van der Waals surface area contributed by atoms with Crippen LogP contribution >= 0.6 is 27.5 Å². The van der Waals surface area contributed by atoms with Crippen molar-refractivity contribution < 1.29 is 0 Å². The predicted octanol–water partition coefficient (Wildman–Crippen LogP) is 4.13. The minimum atomic E-state index is 0.520. The predicted molar refractivity (Wildman–Crippen MR) is 66.3 cm³/mol. The molecule has 3 rings (SSSR count). The Morgan fingerprint density at radius 2 is 2.00 bits per heavy atom. The Morgan fingerprint density at radius 1 is 1.13 bits per heavy atom. The highest BCUT2D eigenvalue weighted by atomic mass is 79.9. The van der Waals surface area contributed by atoms with Crippen LogP contribution in [0.5, 0.6) is 0 Å². The summed E-state index contributed by atoms with van der Waals surface area (Å²) in [4.78, 5) is 7.34. The fourth-order valence-corrected chi connectivity index (χ4v) is 2.27. The number of rotatable bonds is 0. The Balaban J connectivity index is 2.53. The number of fused-ring (bicyclic) bond motifs is 3. The highest BCUT2D eigenvalue weighted by Crippen LogP contribution is 2.28. The molecule has 0 radical (unpaired) electrons. The molecule has 0 aliphatic carbocycles. The number of hydrogen-bond acceptors (Lipinski definition) is 1. The molecule has 2 heterocycles. The van der Waals surface area contributed by atoms with Crippen molar-refractivity contribution in [2.24, 2.45) is 0 Å². The summed E-state index contributed by atoms with van der Waals surface area (Å²) in [5, 5.41) is 2.79. The van der Waals surface area contributed by atoms with E-state index in [2.05, 4.69) is 32.0 Å². The zero-order chi connectivity index (χ0) is 10.4. The molecule has 3 aromatic rings. The summed E-state index contributed by atoms with van der Waals surface area (Å²) in [6.07, 6.45) is 1.76. The van der Waals surface area contributed by atoms with Gasteiger partial charge in [0.25, 0.3) is 0 Å². The molecule has 0 unspecified atom stereocenters. The summed E-state index contributed by atoms with van der Waals surface area (Å²) >= 11 is 9.32. The molecule has 0 bridgehead atoms. The van der Waals surface area contributed by atoms with Gasteiger partial charge in [0.15, 0.2) is 0 Å². The highest BCUT2D eigenvalue weighted by molar-refractivity contribution is 9.10. The lowest BCUT2D eigenvalue weighted by Crippen LogP contribution is -1.73. The number of aromatic nitrogens is 2. The van der Waals surface area contributed by atoms with Crippen LogP contribution in [0.2, 0.25) is 5.15 Å². The van der Waals surface area contributed by atoms with Crippen LogP contribution in [0.25, 0.3) is 21.8 Å². The molecule has 1 aromatic carbocycles. The molecule has 4 heteroatoms. The van der Waals surface area contributed by atoms with Gasteiger partial charge in [-0.25, -0.2) is 4.98 Å². The number of nitrogens with one attached hydrogen (secondary N) is 1. The lowest BCUT2D eigenvalue weighted by Gasteiger charge is -1.92. The molecule has 0 atom stereocenters. The zero-order valence-corrected chi connectivity index (χ0v) is 9.93. The lowest BCUT2D eigenvalue weighted by atomic mass is 10.2. The average Bonchev–Trinajstić information content (AvgIpc) is 2.54.